The Hall–Kier alpha value is -3.15. The summed E-state index contributed by atoms with van der Waals surface area (Å²) in [6.07, 6.45) is 1.66. The molecule has 0 spiro atoms. The van der Waals surface area contributed by atoms with Crippen LogP contribution in [0.25, 0.3) is 16.8 Å². The normalized spacial score (nSPS) is 11.2. The number of fused-ring (bicyclic) bond motifs is 1. The Balaban J connectivity index is 1.48. The Morgan fingerprint density at radius 3 is 2.50 bits per heavy atom. The van der Waals surface area contributed by atoms with Crippen molar-refractivity contribution < 1.29 is 9.15 Å². The van der Waals surface area contributed by atoms with E-state index in [1.54, 1.807) is 0 Å². The van der Waals surface area contributed by atoms with Crippen LogP contribution in [0.2, 0.25) is 0 Å². The predicted molar refractivity (Wildman–Crippen MR) is 98.5 cm³/mol. The molecule has 0 atom stereocenters. The van der Waals surface area contributed by atoms with Gasteiger partial charge in [0.05, 0.1) is 5.69 Å². The Bertz CT molecular complexity index is 985. The first-order valence-corrected chi connectivity index (χ1v) is 8.79. The van der Waals surface area contributed by atoms with E-state index in [0.29, 0.717) is 5.89 Å². The Kier molecular flexibility index (Phi) is 4.39. The summed E-state index contributed by atoms with van der Waals surface area (Å²) in [6, 6.07) is 15.5. The SMILES string of the molecule is CCc1nc(CC)n(-c2ccc(OCc3nc4ccccc4o3)cc2)n1. The van der Waals surface area contributed by atoms with Crippen LogP contribution in [0.3, 0.4) is 0 Å². The first kappa shape index (κ1) is 16.3. The van der Waals surface area contributed by atoms with Crippen molar-refractivity contribution in [2.24, 2.45) is 0 Å². The molecule has 6 heteroatoms. The van der Waals surface area contributed by atoms with Crippen molar-refractivity contribution in [3.8, 4) is 11.4 Å². The van der Waals surface area contributed by atoms with E-state index in [0.717, 1.165) is 47.0 Å². The van der Waals surface area contributed by atoms with E-state index >= 15 is 0 Å². The van der Waals surface area contributed by atoms with Crippen molar-refractivity contribution in [1.29, 1.82) is 0 Å². The highest BCUT2D eigenvalue weighted by Crippen LogP contribution is 2.19. The van der Waals surface area contributed by atoms with Crippen LogP contribution in [-0.4, -0.2) is 19.7 Å². The highest BCUT2D eigenvalue weighted by Gasteiger charge is 2.10. The number of aromatic nitrogens is 4. The van der Waals surface area contributed by atoms with Crippen molar-refractivity contribution in [1.82, 2.24) is 19.7 Å². The van der Waals surface area contributed by atoms with E-state index < -0.39 is 0 Å². The summed E-state index contributed by atoms with van der Waals surface area (Å²) >= 11 is 0. The summed E-state index contributed by atoms with van der Waals surface area (Å²) in [4.78, 5) is 8.96. The fraction of sp³-hybridized carbons (Fsp3) is 0.250. The lowest BCUT2D eigenvalue weighted by molar-refractivity contribution is 0.267. The van der Waals surface area contributed by atoms with Crippen LogP contribution in [0.1, 0.15) is 31.4 Å². The minimum Gasteiger partial charge on any atom is -0.484 e. The summed E-state index contributed by atoms with van der Waals surface area (Å²) in [5.74, 6) is 3.14. The molecule has 0 bridgehead atoms. The summed E-state index contributed by atoms with van der Waals surface area (Å²) in [6.45, 7) is 4.43. The van der Waals surface area contributed by atoms with Crippen molar-refractivity contribution in [3.05, 3.63) is 66.1 Å². The Labute approximate surface area is 151 Å². The van der Waals surface area contributed by atoms with E-state index in [-0.39, 0.29) is 6.61 Å². The van der Waals surface area contributed by atoms with Crippen molar-refractivity contribution in [3.63, 3.8) is 0 Å². The fourth-order valence-electron chi connectivity index (χ4n) is 2.79. The zero-order valence-corrected chi connectivity index (χ0v) is 14.8. The van der Waals surface area contributed by atoms with Crippen LogP contribution < -0.4 is 4.74 Å². The van der Waals surface area contributed by atoms with Crippen LogP contribution in [0.4, 0.5) is 0 Å². The molecule has 0 aliphatic heterocycles. The standard InChI is InChI=1S/C20H20N4O2/c1-3-18-22-19(4-2)24(23-18)14-9-11-15(12-10-14)25-13-20-21-16-7-5-6-8-17(16)26-20/h5-12H,3-4,13H2,1-2H3. The molecule has 0 aliphatic carbocycles. The van der Waals surface area contributed by atoms with Gasteiger partial charge in [0.2, 0.25) is 5.89 Å². The van der Waals surface area contributed by atoms with Crippen molar-refractivity contribution in [2.75, 3.05) is 0 Å². The summed E-state index contributed by atoms with van der Waals surface area (Å²) < 4.78 is 13.4. The van der Waals surface area contributed by atoms with Crippen LogP contribution >= 0.6 is 0 Å². The third-order valence-corrected chi connectivity index (χ3v) is 4.13. The first-order valence-electron chi connectivity index (χ1n) is 8.79. The van der Waals surface area contributed by atoms with E-state index in [9.17, 15) is 0 Å². The minimum atomic E-state index is 0.289. The predicted octanol–water partition coefficient (Wildman–Crippen LogP) is 4.11. The molecule has 2 aromatic carbocycles. The average molecular weight is 348 g/mol. The topological polar surface area (TPSA) is 66.0 Å². The Morgan fingerprint density at radius 1 is 0.962 bits per heavy atom. The maximum atomic E-state index is 5.79. The minimum absolute atomic E-state index is 0.289. The average Bonchev–Trinajstić information content (AvgIpc) is 3.30. The molecular formula is C20H20N4O2. The molecule has 0 radical (unpaired) electrons. The molecular weight excluding hydrogens is 328 g/mol. The molecule has 0 aliphatic rings. The third-order valence-electron chi connectivity index (χ3n) is 4.13. The zero-order chi connectivity index (χ0) is 17.9. The third kappa shape index (κ3) is 3.18. The molecule has 0 fully saturated rings. The Morgan fingerprint density at radius 2 is 1.77 bits per heavy atom. The number of nitrogens with zero attached hydrogens (tertiary/aromatic N) is 4. The summed E-state index contributed by atoms with van der Waals surface area (Å²) in [5, 5.41) is 4.56. The van der Waals surface area contributed by atoms with Crippen LogP contribution in [0.5, 0.6) is 5.75 Å². The smallest absolute Gasteiger partial charge is 0.233 e. The number of para-hydroxylation sites is 2. The second-order valence-electron chi connectivity index (χ2n) is 5.92. The molecule has 6 nitrogen and oxygen atoms in total. The van der Waals surface area contributed by atoms with Gasteiger partial charge in [-0.25, -0.2) is 14.6 Å². The molecule has 4 rings (SSSR count). The van der Waals surface area contributed by atoms with Gasteiger partial charge in [-0.05, 0) is 36.4 Å². The maximum absolute atomic E-state index is 5.79. The highest BCUT2D eigenvalue weighted by molar-refractivity contribution is 5.72. The largest absolute Gasteiger partial charge is 0.484 e. The second-order valence-corrected chi connectivity index (χ2v) is 5.92. The molecule has 2 heterocycles. The molecule has 2 aromatic heterocycles. The monoisotopic (exact) mass is 348 g/mol. The number of aryl methyl sites for hydroxylation is 2. The maximum Gasteiger partial charge on any atom is 0.233 e. The first-order chi connectivity index (χ1) is 12.8. The van der Waals surface area contributed by atoms with Gasteiger partial charge in [0.25, 0.3) is 0 Å². The van der Waals surface area contributed by atoms with Gasteiger partial charge in [-0.3, -0.25) is 0 Å². The number of hydrogen-bond donors (Lipinski definition) is 0. The number of rotatable bonds is 6. The number of hydrogen-bond acceptors (Lipinski definition) is 5. The summed E-state index contributed by atoms with van der Waals surface area (Å²) in [7, 11) is 0. The van der Waals surface area contributed by atoms with Gasteiger partial charge in [0.15, 0.2) is 18.0 Å². The molecule has 132 valence electrons. The van der Waals surface area contributed by atoms with Gasteiger partial charge >= 0.3 is 0 Å². The van der Waals surface area contributed by atoms with Gasteiger partial charge in [-0.2, -0.15) is 5.10 Å². The lowest BCUT2D eigenvalue weighted by Crippen LogP contribution is -2.02. The lowest BCUT2D eigenvalue weighted by Gasteiger charge is -2.07. The van der Waals surface area contributed by atoms with Crippen molar-refractivity contribution in [2.45, 2.75) is 33.3 Å². The van der Waals surface area contributed by atoms with Gasteiger partial charge in [-0.15, -0.1) is 0 Å². The fourth-order valence-corrected chi connectivity index (χ4v) is 2.79. The van der Waals surface area contributed by atoms with Gasteiger partial charge < -0.3 is 9.15 Å². The van der Waals surface area contributed by atoms with Crippen molar-refractivity contribution >= 4 is 11.1 Å². The van der Waals surface area contributed by atoms with Crippen LogP contribution in [-0.2, 0) is 19.4 Å². The molecule has 0 unspecified atom stereocenters. The number of oxazole rings is 1. The lowest BCUT2D eigenvalue weighted by atomic mass is 10.3. The highest BCUT2D eigenvalue weighted by atomic mass is 16.5. The van der Waals surface area contributed by atoms with E-state index in [1.165, 1.54) is 0 Å². The summed E-state index contributed by atoms with van der Waals surface area (Å²) in [5.41, 5.74) is 2.58. The molecule has 0 saturated carbocycles. The molecule has 0 N–H and O–H groups in total. The number of ether oxygens (including phenoxy) is 1. The van der Waals surface area contributed by atoms with Gasteiger partial charge in [0, 0.05) is 12.8 Å². The van der Waals surface area contributed by atoms with E-state index in [2.05, 4.69) is 28.9 Å². The zero-order valence-electron chi connectivity index (χ0n) is 14.8. The quantitative estimate of drug-likeness (QED) is 0.524. The van der Waals surface area contributed by atoms with E-state index in [1.807, 2.05) is 53.2 Å². The van der Waals surface area contributed by atoms with Crippen LogP contribution in [0, 0.1) is 0 Å². The number of benzene rings is 2. The second kappa shape index (κ2) is 7.00. The van der Waals surface area contributed by atoms with Gasteiger partial charge in [0.1, 0.15) is 17.1 Å². The molecule has 0 amide bonds. The van der Waals surface area contributed by atoms with Crippen LogP contribution in [0.15, 0.2) is 52.9 Å². The molecule has 0 saturated heterocycles. The molecule has 4 aromatic rings. The molecule has 26 heavy (non-hydrogen) atoms. The van der Waals surface area contributed by atoms with E-state index in [4.69, 9.17) is 9.15 Å². The van der Waals surface area contributed by atoms with Gasteiger partial charge in [-0.1, -0.05) is 26.0 Å².